The van der Waals surface area contributed by atoms with Gasteiger partial charge in [-0.05, 0) is 69.2 Å². The number of nitrogens with two attached hydrogens (primary N) is 1. The van der Waals surface area contributed by atoms with E-state index in [1.165, 1.54) is 0 Å². The van der Waals surface area contributed by atoms with E-state index in [2.05, 4.69) is 11.4 Å². The Morgan fingerprint density at radius 3 is 2.32 bits per heavy atom. The van der Waals surface area contributed by atoms with Gasteiger partial charge in [0.05, 0.1) is 17.4 Å². The highest BCUT2D eigenvalue weighted by Crippen LogP contribution is 2.25. The Morgan fingerprint density at radius 1 is 1.09 bits per heavy atom. The third-order valence-electron chi connectivity index (χ3n) is 3.11. The van der Waals surface area contributed by atoms with E-state index < -0.39 is 0 Å². The van der Waals surface area contributed by atoms with E-state index in [9.17, 15) is 4.79 Å². The van der Waals surface area contributed by atoms with Gasteiger partial charge in [0.15, 0.2) is 0 Å². The first-order valence-corrected chi connectivity index (χ1v) is 7.31. The van der Waals surface area contributed by atoms with Crippen LogP contribution >= 0.6 is 0 Å². The summed E-state index contributed by atoms with van der Waals surface area (Å²) in [7, 11) is 0. The van der Waals surface area contributed by atoms with E-state index in [1.54, 1.807) is 18.2 Å². The molecule has 0 heterocycles. The lowest BCUT2D eigenvalue weighted by Gasteiger charge is -2.15. The second kappa shape index (κ2) is 6.52. The van der Waals surface area contributed by atoms with E-state index in [1.807, 2.05) is 39.8 Å². The van der Waals surface area contributed by atoms with Crippen molar-refractivity contribution in [2.75, 3.05) is 11.1 Å². The van der Waals surface area contributed by atoms with Crippen LogP contribution in [0.5, 0.6) is 0 Å². The first-order chi connectivity index (χ1) is 10.3. The molecule has 22 heavy (non-hydrogen) atoms. The number of carbonyl (C=O) groups excluding carboxylic acids is 1. The van der Waals surface area contributed by atoms with E-state index >= 15 is 0 Å². The summed E-state index contributed by atoms with van der Waals surface area (Å²) in [6.07, 6.45) is -0.178. The van der Waals surface area contributed by atoms with Crippen LogP contribution in [0.1, 0.15) is 35.3 Å². The number of esters is 1. The lowest BCUT2D eigenvalue weighted by Crippen LogP contribution is -2.13. The smallest absolute Gasteiger partial charge is 0.340 e. The highest BCUT2D eigenvalue weighted by atomic mass is 16.5. The Morgan fingerprint density at radius 2 is 1.73 bits per heavy atom. The van der Waals surface area contributed by atoms with Gasteiger partial charge < -0.3 is 15.8 Å². The molecule has 2 aromatic rings. The summed E-state index contributed by atoms with van der Waals surface area (Å²) < 4.78 is 5.28. The lowest BCUT2D eigenvalue weighted by molar-refractivity contribution is 0.0379. The monoisotopic (exact) mass is 298 g/mol. The Bertz CT molecular complexity index is 673. The fourth-order valence-electron chi connectivity index (χ4n) is 2.32. The van der Waals surface area contributed by atoms with Crippen LogP contribution in [0.2, 0.25) is 0 Å². The summed E-state index contributed by atoms with van der Waals surface area (Å²) >= 11 is 0. The third-order valence-corrected chi connectivity index (χ3v) is 3.11. The van der Waals surface area contributed by atoms with Crippen molar-refractivity contribution >= 4 is 23.0 Å². The number of nitrogens with one attached hydrogen (secondary N) is 1. The number of carbonyl (C=O) groups is 1. The van der Waals surface area contributed by atoms with Gasteiger partial charge in [-0.15, -0.1) is 0 Å². The zero-order chi connectivity index (χ0) is 16.3. The van der Waals surface area contributed by atoms with Crippen molar-refractivity contribution in [1.82, 2.24) is 0 Å². The molecule has 0 bridgehead atoms. The van der Waals surface area contributed by atoms with Gasteiger partial charge >= 0.3 is 5.97 Å². The van der Waals surface area contributed by atoms with Gasteiger partial charge in [-0.3, -0.25) is 0 Å². The Kier molecular flexibility index (Phi) is 4.71. The second-order valence-electron chi connectivity index (χ2n) is 5.76. The maximum Gasteiger partial charge on any atom is 0.340 e. The van der Waals surface area contributed by atoms with E-state index in [-0.39, 0.29) is 12.1 Å². The molecule has 0 fully saturated rings. The van der Waals surface area contributed by atoms with Crippen LogP contribution in [0, 0.1) is 13.8 Å². The topological polar surface area (TPSA) is 64.3 Å². The summed E-state index contributed by atoms with van der Waals surface area (Å²) in [5, 5.41) is 3.28. The van der Waals surface area contributed by atoms with Crippen LogP contribution in [0.15, 0.2) is 36.4 Å². The minimum Gasteiger partial charge on any atom is -0.459 e. The van der Waals surface area contributed by atoms with Crippen LogP contribution in [0.25, 0.3) is 0 Å². The van der Waals surface area contributed by atoms with Crippen LogP contribution in [-0.4, -0.2) is 12.1 Å². The van der Waals surface area contributed by atoms with E-state index in [0.717, 1.165) is 16.8 Å². The molecule has 4 heteroatoms. The van der Waals surface area contributed by atoms with Crippen LogP contribution in [0.4, 0.5) is 17.1 Å². The summed E-state index contributed by atoms with van der Waals surface area (Å²) in [5.41, 5.74) is 10.7. The zero-order valence-corrected chi connectivity index (χ0v) is 13.4. The Labute approximate surface area is 131 Å². The summed E-state index contributed by atoms with van der Waals surface area (Å²) in [6.45, 7) is 7.71. The first kappa shape index (κ1) is 15.9. The van der Waals surface area contributed by atoms with Gasteiger partial charge in [-0.1, -0.05) is 6.07 Å². The fourth-order valence-corrected chi connectivity index (χ4v) is 2.32. The second-order valence-corrected chi connectivity index (χ2v) is 5.76. The van der Waals surface area contributed by atoms with Gasteiger partial charge in [0.2, 0.25) is 0 Å². The average Bonchev–Trinajstić information content (AvgIpc) is 2.38. The lowest BCUT2D eigenvalue weighted by atomic mass is 10.1. The van der Waals surface area contributed by atoms with Gasteiger partial charge in [0.1, 0.15) is 0 Å². The number of hydrogen-bond donors (Lipinski definition) is 2. The molecular formula is C18H22N2O2. The summed E-state index contributed by atoms with van der Waals surface area (Å²) in [5.74, 6) is -0.380. The van der Waals surface area contributed by atoms with Crippen molar-refractivity contribution < 1.29 is 9.53 Å². The average molecular weight is 298 g/mol. The van der Waals surface area contributed by atoms with Crippen molar-refractivity contribution in [2.45, 2.75) is 33.8 Å². The third kappa shape index (κ3) is 4.01. The number of aryl methyl sites for hydroxylation is 2. The van der Waals surface area contributed by atoms with Crippen molar-refractivity contribution in [2.24, 2.45) is 0 Å². The molecule has 0 saturated carbocycles. The van der Waals surface area contributed by atoms with Crippen LogP contribution < -0.4 is 11.1 Å². The molecule has 0 aliphatic heterocycles. The summed E-state index contributed by atoms with van der Waals surface area (Å²) in [6, 6.07) is 11.3. The number of benzene rings is 2. The number of hydrogen-bond acceptors (Lipinski definition) is 4. The van der Waals surface area contributed by atoms with E-state index in [4.69, 9.17) is 10.5 Å². The Balaban J connectivity index is 2.36. The zero-order valence-electron chi connectivity index (χ0n) is 13.4. The highest BCUT2D eigenvalue weighted by Gasteiger charge is 2.15. The molecule has 0 aromatic heterocycles. The van der Waals surface area contributed by atoms with Crippen molar-refractivity contribution in [3.8, 4) is 0 Å². The normalized spacial score (nSPS) is 10.6. The molecular weight excluding hydrogens is 276 g/mol. The van der Waals surface area contributed by atoms with Crippen molar-refractivity contribution in [1.29, 1.82) is 0 Å². The molecule has 2 aromatic carbocycles. The quantitative estimate of drug-likeness (QED) is 0.656. The number of nitrogen functional groups attached to an aromatic ring is 1. The van der Waals surface area contributed by atoms with E-state index in [0.29, 0.717) is 16.9 Å². The van der Waals surface area contributed by atoms with Gasteiger partial charge in [-0.25, -0.2) is 4.79 Å². The summed E-state index contributed by atoms with van der Waals surface area (Å²) in [4.78, 5) is 12.2. The van der Waals surface area contributed by atoms with Crippen LogP contribution in [-0.2, 0) is 4.74 Å². The minimum absolute atomic E-state index is 0.178. The molecule has 0 atom stereocenters. The Hall–Kier alpha value is -2.49. The number of anilines is 3. The van der Waals surface area contributed by atoms with Crippen molar-refractivity contribution in [3.05, 3.63) is 53.1 Å². The molecule has 0 spiro atoms. The molecule has 0 saturated heterocycles. The number of ether oxygens (including phenoxy) is 1. The molecule has 3 N–H and O–H groups in total. The molecule has 2 rings (SSSR count). The van der Waals surface area contributed by atoms with Crippen LogP contribution in [0.3, 0.4) is 0 Å². The van der Waals surface area contributed by atoms with Crippen molar-refractivity contribution in [3.63, 3.8) is 0 Å². The number of rotatable bonds is 4. The predicted molar refractivity (Wildman–Crippen MR) is 90.6 cm³/mol. The van der Waals surface area contributed by atoms with Gasteiger partial charge in [0, 0.05) is 11.4 Å². The largest absolute Gasteiger partial charge is 0.459 e. The SMILES string of the molecule is Cc1cc(C)cc(Nc2ccc(N)cc2C(=O)OC(C)C)c1. The molecule has 0 radical (unpaired) electrons. The molecule has 116 valence electrons. The van der Waals surface area contributed by atoms with Gasteiger partial charge in [0.25, 0.3) is 0 Å². The first-order valence-electron chi connectivity index (χ1n) is 7.31. The molecule has 0 aliphatic rings. The molecule has 0 amide bonds. The highest BCUT2D eigenvalue weighted by molar-refractivity contribution is 5.97. The molecule has 0 unspecified atom stereocenters. The maximum absolute atomic E-state index is 12.2. The van der Waals surface area contributed by atoms with Gasteiger partial charge in [-0.2, -0.15) is 0 Å². The molecule has 0 aliphatic carbocycles. The minimum atomic E-state index is -0.380. The fraction of sp³-hybridized carbons (Fsp3) is 0.278. The maximum atomic E-state index is 12.2. The standard InChI is InChI=1S/C18H22N2O2/c1-11(2)22-18(21)16-10-14(19)5-6-17(16)20-15-8-12(3)7-13(4)9-15/h5-11,20H,19H2,1-4H3. The molecule has 4 nitrogen and oxygen atoms in total. The predicted octanol–water partition coefficient (Wildman–Crippen LogP) is 4.19.